The summed E-state index contributed by atoms with van der Waals surface area (Å²) in [5, 5.41) is 0. The number of ether oxygens (including phenoxy) is 4. The van der Waals surface area contributed by atoms with Gasteiger partial charge in [0, 0.05) is 14.2 Å². The fourth-order valence-corrected chi connectivity index (χ4v) is 3.56. The summed E-state index contributed by atoms with van der Waals surface area (Å²) in [7, 11) is 2.89. The van der Waals surface area contributed by atoms with E-state index in [-0.39, 0.29) is 0 Å². The second kappa shape index (κ2) is 11.9. The highest BCUT2D eigenvalue weighted by atomic mass is 16.6. The minimum absolute atomic E-state index is 0.570. The highest BCUT2D eigenvalue weighted by molar-refractivity contribution is 5.78. The lowest BCUT2D eigenvalue weighted by atomic mass is 10.0. The van der Waals surface area contributed by atoms with E-state index >= 15 is 0 Å². The molecule has 3 aromatic carbocycles. The van der Waals surface area contributed by atoms with Crippen molar-refractivity contribution in [2.75, 3.05) is 14.2 Å². The average Bonchev–Trinajstić information content (AvgIpc) is 2.85. The third-order valence-electron chi connectivity index (χ3n) is 5.20. The zero-order chi connectivity index (χ0) is 23.6. The first-order valence-corrected chi connectivity index (χ1v) is 10.7. The monoisotopic (exact) mass is 448 g/mol. The third kappa shape index (κ3) is 6.28. The van der Waals surface area contributed by atoms with Gasteiger partial charge < -0.3 is 18.9 Å². The first kappa shape index (κ1) is 24.2. The zero-order valence-corrected chi connectivity index (χ0v) is 18.9. The predicted molar refractivity (Wildman–Crippen MR) is 123 cm³/mol. The summed E-state index contributed by atoms with van der Waals surface area (Å²) in [4.78, 5) is 26.0. The molecule has 0 radical (unpaired) electrons. The molecule has 172 valence electrons. The lowest BCUT2D eigenvalue weighted by Crippen LogP contribution is -2.31. The number of methoxy groups -OCH3 is 2. The van der Waals surface area contributed by atoms with E-state index in [1.165, 1.54) is 14.2 Å². The van der Waals surface area contributed by atoms with Crippen molar-refractivity contribution in [1.82, 2.24) is 0 Å². The first-order valence-electron chi connectivity index (χ1n) is 10.7. The van der Waals surface area contributed by atoms with E-state index in [1.807, 2.05) is 66.7 Å². The van der Waals surface area contributed by atoms with Crippen LogP contribution in [0.5, 0.6) is 0 Å². The maximum absolute atomic E-state index is 13.0. The maximum Gasteiger partial charge on any atom is 0.340 e. The third-order valence-corrected chi connectivity index (χ3v) is 5.20. The molecule has 0 unspecified atom stereocenters. The van der Waals surface area contributed by atoms with E-state index in [0.29, 0.717) is 16.7 Å². The van der Waals surface area contributed by atoms with Crippen LogP contribution in [0, 0.1) is 0 Å². The Labute approximate surface area is 194 Å². The minimum atomic E-state index is -0.906. The van der Waals surface area contributed by atoms with Gasteiger partial charge in [0.2, 0.25) is 0 Å². The van der Waals surface area contributed by atoms with Gasteiger partial charge in [0.25, 0.3) is 0 Å². The van der Waals surface area contributed by atoms with Crippen molar-refractivity contribution in [1.29, 1.82) is 0 Å². The van der Waals surface area contributed by atoms with Gasteiger partial charge in [-0.05, 0) is 23.6 Å². The molecule has 0 aliphatic heterocycles. The summed E-state index contributed by atoms with van der Waals surface area (Å²) in [6.45, 7) is 1.69. The molecule has 0 bridgehead atoms. The van der Waals surface area contributed by atoms with E-state index in [1.54, 1.807) is 31.2 Å². The molecule has 0 fully saturated rings. The smallest absolute Gasteiger partial charge is 0.340 e. The van der Waals surface area contributed by atoms with Crippen LogP contribution in [0.2, 0.25) is 0 Å². The van der Waals surface area contributed by atoms with Gasteiger partial charge in [0.1, 0.15) is 6.10 Å². The molecule has 3 aromatic rings. The molecule has 4 atom stereocenters. The van der Waals surface area contributed by atoms with Crippen LogP contribution < -0.4 is 0 Å². The van der Waals surface area contributed by atoms with Gasteiger partial charge in [-0.25, -0.2) is 9.59 Å². The van der Waals surface area contributed by atoms with Gasteiger partial charge in [-0.3, -0.25) is 0 Å². The van der Waals surface area contributed by atoms with Gasteiger partial charge in [-0.15, -0.1) is 0 Å². The van der Waals surface area contributed by atoms with Crippen LogP contribution in [0.15, 0.2) is 91.0 Å². The second-order valence-corrected chi connectivity index (χ2v) is 7.46. The number of benzene rings is 3. The molecule has 0 aromatic heterocycles. The van der Waals surface area contributed by atoms with E-state index in [4.69, 9.17) is 18.9 Å². The SMILES string of the molecule is CO[C@H](C(=O)O[C@@H](C)[C@@H](OC(=O)[C@@H](OC)c1ccccc1)c1ccccc1)c1ccccc1. The fourth-order valence-electron chi connectivity index (χ4n) is 3.56. The van der Waals surface area contributed by atoms with Crippen molar-refractivity contribution in [3.8, 4) is 0 Å². The lowest BCUT2D eigenvalue weighted by Gasteiger charge is -2.27. The zero-order valence-electron chi connectivity index (χ0n) is 18.9. The standard InChI is InChI=1S/C27H28O6/c1-19(32-26(28)24(30-2)21-15-9-5-10-16-21)23(20-13-7-4-8-14-20)33-27(29)25(31-3)22-17-11-6-12-18-22/h4-19,23-25H,1-3H3/t19-,23+,24-,25-/m0/s1. The van der Waals surface area contributed by atoms with Crippen LogP contribution in [0.25, 0.3) is 0 Å². The number of esters is 2. The highest BCUT2D eigenvalue weighted by Gasteiger charge is 2.33. The number of carbonyl (C=O) groups excluding carboxylic acids is 2. The maximum atomic E-state index is 13.0. The number of hydrogen-bond donors (Lipinski definition) is 0. The number of rotatable bonds is 10. The molecule has 6 nitrogen and oxygen atoms in total. The summed E-state index contributed by atoms with van der Waals surface area (Å²) in [5.74, 6) is -1.15. The van der Waals surface area contributed by atoms with Gasteiger partial charge in [0.05, 0.1) is 0 Å². The largest absolute Gasteiger partial charge is 0.456 e. The quantitative estimate of drug-likeness (QED) is 0.408. The van der Waals surface area contributed by atoms with E-state index in [0.717, 1.165) is 0 Å². The Morgan fingerprint density at radius 2 is 0.939 bits per heavy atom. The summed E-state index contributed by atoms with van der Waals surface area (Å²) < 4.78 is 22.3. The fraction of sp³-hybridized carbons (Fsp3) is 0.259. The Morgan fingerprint density at radius 3 is 1.33 bits per heavy atom. The van der Waals surface area contributed by atoms with E-state index in [9.17, 15) is 9.59 Å². The average molecular weight is 449 g/mol. The Hall–Kier alpha value is -3.48. The van der Waals surface area contributed by atoms with Crippen LogP contribution in [-0.2, 0) is 28.5 Å². The summed E-state index contributed by atoms with van der Waals surface area (Å²) >= 11 is 0. The molecule has 3 rings (SSSR count). The number of carbonyl (C=O) groups is 2. The van der Waals surface area contributed by atoms with Crippen molar-refractivity contribution in [2.45, 2.75) is 31.3 Å². The first-order chi connectivity index (χ1) is 16.0. The molecule has 0 aliphatic rings. The summed E-state index contributed by atoms with van der Waals surface area (Å²) in [6.07, 6.45) is -3.41. The lowest BCUT2D eigenvalue weighted by molar-refractivity contribution is -0.180. The van der Waals surface area contributed by atoms with Crippen LogP contribution >= 0.6 is 0 Å². The normalized spacial score (nSPS) is 14.5. The van der Waals surface area contributed by atoms with Gasteiger partial charge in [-0.2, -0.15) is 0 Å². The van der Waals surface area contributed by atoms with Gasteiger partial charge in [0.15, 0.2) is 18.3 Å². The molecule has 0 heterocycles. The molecular formula is C27H28O6. The molecule has 6 heteroatoms. The molecule has 0 saturated carbocycles. The molecule has 0 saturated heterocycles. The van der Waals surface area contributed by atoms with Crippen molar-refractivity contribution >= 4 is 11.9 Å². The van der Waals surface area contributed by atoms with Crippen LogP contribution in [0.3, 0.4) is 0 Å². The predicted octanol–water partition coefficient (Wildman–Crippen LogP) is 4.98. The number of hydrogen-bond acceptors (Lipinski definition) is 6. The van der Waals surface area contributed by atoms with Gasteiger partial charge in [-0.1, -0.05) is 91.0 Å². The van der Waals surface area contributed by atoms with Gasteiger partial charge >= 0.3 is 11.9 Å². The van der Waals surface area contributed by atoms with Crippen molar-refractivity contribution in [3.05, 3.63) is 108 Å². The molecular weight excluding hydrogens is 420 g/mol. The Kier molecular flexibility index (Phi) is 8.75. The summed E-state index contributed by atoms with van der Waals surface area (Å²) in [5.41, 5.74) is 2.04. The second-order valence-electron chi connectivity index (χ2n) is 7.46. The van der Waals surface area contributed by atoms with E-state index < -0.39 is 36.4 Å². The Bertz CT molecular complexity index is 1010. The van der Waals surface area contributed by atoms with E-state index in [2.05, 4.69) is 0 Å². The molecule has 0 spiro atoms. The summed E-state index contributed by atoms with van der Waals surface area (Å²) in [6, 6.07) is 27.3. The Balaban J connectivity index is 1.80. The highest BCUT2D eigenvalue weighted by Crippen LogP contribution is 2.29. The van der Waals surface area contributed by atoms with Crippen molar-refractivity contribution < 1.29 is 28.5 Å². The van der Waals surface area contributed by atoms with Crippen LogP contribution in [0.1, 0.15) is 41.9 Å². The molecule has 33 heavy (non-hydrogen) atoms. The Morgan fingerprint density at radius 1 is 0.576 bits per heavy atom. The molecule has 0 N–H and O–H groups in total. The molecule has 0 aliphatic carbocycles. The minimum Gasteiger partial charge on any atom is -0.456 e. The van der Waals surface area contributed by atoms with Crippen LogP contribution in [-0.4, -0.2) is 32.3 Å². The topological polar surface area (TPSA) is 71.1 Å². The van der Waals surface area contributed by atoms with Crippen LogP contribution in [0.4, 0.5) is 0 Å². The molecule has 0 amide bonds. The van der Waals surface area contributed by atoms with Crippen molar-refractivity contribution in [2.24, 2.45) is 0 Å². The van der Waals surface area contributed by atoms with Crippen molar-refractivity contribution in [3.63, 3.8) is 0 Å².